The van der Waals surface area contributed by atoms with Gasteiger partial charge in [-0.2, -0.15) is 0 Å². The van der Waals surface area contributed by atoms with Crippen LogP contribution >= 0.6 is 0 Å². The minimum Gasteiger partial charge on any atom is -0.481 e. The van der Waals surface area contributed by atoms with Gasteiger partial charge in [-0.05, 0) is 24.9 Å². The van der Waals surface area contributed by atoms with E-state index < -0.39 is 0 Å². The largest absolute Gasteiger partial charge is 0.481 e. The molecule has 1 saturated heterocycles. The van der Waals surface area contributed by atoms with E-state index >= 15 is 0 Å². The summed E-state index contributed by atoms with van der Waals surface area (Å²) in [6, 6.07) is 4.06. The molecule has 1 aliphatic rings. The van der Waals surface area contributed by atoms with Crippen molar-refractivity contribution in [2.24, 2.45) is 0 Å². The maximum Gasteiger partial charge on any atom is 0.212 e. The first kappa shape index (κ1) is 10.4. The van der Waals surface area contributed by atoms with Crippen LogP contribution in [0, 0.1) is 0 Å². The average Bonchev–Trinajstić information content (AvgIpc) is 2.30. The smallest absolute Gasteiger partial charge is 0.212 e. The number of piperidine rings is 1. The van der Waals surface area contributed by atoms with Crippen LogP contribution in [0.2, 0.25) is 0 Å². The quantitative estimate of drug-likeness (QED) is 0.800. The fourth-order valence-corrected chi connectivity index (χ4v) is 2.16. The molecule has 1 aliphatic heterocycles. The molecule has 0 amide bonds. The topological polar surface area (TPSA) is 34.1 Å². The number of rotatable bonds is 2. The summed E-state index contributed by atoms with van der Waals surface area (Å²) in [6.07, 6.45) is 4.41. The molecule has 1 aromatic rings. The van der Waals surface area contributed by atoms with E-state index in [2.05, 4.69) is 23.3 Å². The molecule has 1 N–H and O–H groups in total. The number of methoxy groups -OCH3 is 1. The van der Waals surface area contributed by atoms with Gasteiger partial charge in [0.25, 0.3) is 0 Å². The Bertz CT molecular complexity index is 315. The van der Waals surface area contributed by atoms with Crippen molar-refractivity contribution >= 4 is 0 Å². The van der Waals surface area contributed by atoms with Crippen LogP contribution in [-0.2, 0) is 5.41 Å². The predicted octanol–water partition coefficient (Wildman–Crippen LogP) is 1.73. The van der Waals surface area contributed by atoms with Gasteiger partial charge in [-0.1, -0.05) is 13.0 Å². The summed E-state index contributed by atoms with van der Waals surface area (Å²) in [5, 5.41) is 3.44. The Morgan fingerprint density at radius 2 is 2.33 bits per heavy atom. The third-order valence-corrected chi connectivity index (χ3v) is 3.24. The lowest BCUT2D eigenvalue weighted by Crippen LogP contribution is -2.41. The molecule has 0 aromatic carbocycles. The first-order chi connectivity index (χ1) is 7.24. The summed E-state index contributed by atoms with van der Waals surface area (Å²) in [6.45, 7) is 4.48. The van der Waals surface area contributed by atoms with E-state index in [-0.39, 0.29) is 5.41 Å². The molecule has 15 heavy (non-hydrogen) atoms. The van der Waals surface area contributed by atoms with Gasteiger partial charge in [0.1, 0.15) is 0 Å². The predicted molar refractivity (Wildman–Crippen MR) is 60.2 cm³/mol. The van der Waals surface area contributed by atoms with Crippen LogP contribution in [0.5, 0.6) is 5.88 Å². The van der Waals surface area contributed by atoms with Crippen LogP contribution in [0.1, 0.15) is 25.3 Å². The van der Waals surface area contributed by atoms with Gasteiger partial charge in [0.2, 0.25) is 5.88 Å². The van der Waals surface area contributed by atoms with Crippen molar-refractivity contribution < 1.29 is 4.74 Å². The second kappa shape index (κ2) is 4.19. The summed E-state index contributed by atoms with van der Waals surface area (Å²) in [7, 11) is 1.64. The Labute approximate surface area is 90.9 Å². The maximum atomic E-state index is 5.06. The highest BCUT2D eigenvalue weighted by atomic mass is 16.5. The first-order valence-electron chi connectivity index (χ1n) is 5.46. The van der Waals surface area contributed by atoms with Crippen molar-refractivity contribution in [1.29, 1.82) is 0 Å². The molecular weight excluding hydrogens is 188 g/mol. The molecule has 0 spiro atoms. The van der Waals surface area contributed by atoms with Crippen molar-refractivity contribution in [1.82, 2.24) is 10.3 Å². The van der Waals surface area contributed by atoms with Crippen LogP contribution in [0.3, 0.4) is 0 Å². The molecule has 3 heteroatoms. The molecule has 0 radical (unpaired) electrons. The molecule has 0 saturated carbocycles. The van der Waals surface area contributed by atoms with E-state index in [0.29, 0.717) is 5.88 Å². The van der Waals surface area contributed by atoms with E-state index in [1.165, 1.54) is 18.4 Å². The SMILES string of the molecule is COc1ccc(C2(C)CCCNC2)cn1. The van der Waals surface area contributed by atoms with Crippen molar-refractivity contribution in [2.75, 3.05) is 20.2 Å². The summed E-state index contributed by atoms with van der Waals surface area (Å²) in [5.41, 5.74) is 1.54. The van der Waals surface area contributed by atoms with E-state index in [0.717, 1.165) is 13.1 Å². The highest BCUT2D eigenvalue weighted by Crippen LogP contribution is 2.30. The highest BCUT2D eigenvalue weighted by Gasteiger charge is 2.28. The molecule has 1 atom stereocenters. The molecule has 2 rings (SSSR count). The zero-order valence-corrected chi connectivity index (χ0v) is 9.42. The highest BCUT2D eigenvalue weighted by molar-refractivity contribution is 5.26. The Balaban J connectivity index is 2.20. The van der Waals surface area contributed by atoms with Gasteiger partial charge < -0.3 is 10.1 Å². The Hall–Kier alpha value is -1.09. The summed E-state index contributed by atoms with van der Waals surface area (Å²) < 4.78 is 5.06. The lowest BCUT2D eigenvalue weighted by molar-refractivity contribution is 0.337. The summed E-state index contributed by atoms with van der Waals surface area (Å²) in [4.78, 5) is 4.27. The van der Waals surface area contributed by atoms with Crippen molar-refractivity contribution in [3.05, 3.63) is 23.9 Å². The fourth-order valence-electron chi connectivity index (χ4n) is 2.16. The lowest BCUT2D eigenvalue weighted by atomic mass is 9.77. The molecular formula is C12H18N2O. The molecule has 2 heterocycles. The summed E-state index contributed by atoms with van der Waals surface area (Å²) >= 11 is 0. The van der Waals surface area contributed by atoms with E-state index in [4.69, 9.17) is 4.74 Å². The van der Waals surface area contributed by atoms with E-state index in [1.54, 1.807) is 7.11 Å². The molecule has 82 valence electrons. The van der Waals surface area contributed by atoms with Crippen LogP contribution in [0.25, 0.3) is 0 Å². The summed E-state index contributed by atoms with van der Waals surface area (Å²) in [5.74, 6) is 0.686. The maximum absolute atomic E-state index is 5.06. The average molecular weight is 206 g/mol. The number of ether oxygens (including phenoxy) is 1. The van der Waals surface area contributed by atoms with Gasteiger partial charge >= 0.3 is 0 Å². The van der Waals surface area contributed by atoms with Gasteiger partial charge in [-0.15, -0.1) is 0 Å². The first-order valence-corrected chi connectivity index (χ1v) is 5.46. The van der Waals surface area contributed by atoms with Crippen LogP contribution in [0.15, 0.2) is 18.3 Å². The van der Waals surface area contributed by atoms with E-state index in [9.17, 15) is 0 Å². The Kier molecular flexibility index (Phi) is 2.91. The monoisotopic (exact) mass is 206 g/mol. The van der Waals surface area contributed by atoms with Gasteiger partial charge in [0, 0.05) is 24.2 Å². The van der Waals surface area contributed by atoms with Crippen molar-refractivity contribution in [3.63, 3.8) is 0 Å². The third-order valence-electron chi connectivity index (χ3n) is 3.24. The Morgan fingerprint density at radius 1 is 1.47 bits per heavy atom. The number of nitrogens with zero attached hydrogens (tertiary/aromatic N) is 1. The number of hydrogen-bond donors (Lipinski definition) is 1. The Morgan fingerprint density at radius 3 is 2.87 bits per heavy atom. The molecule has 0 aliphatic carbocycles. The lowest BCUT2D eigenvalue weighted by Gasteiger charge is -2.34. The standard InChI is InChI=1S/C12H18N2O/c1-12(6-3-7-13-9-12)10-4-5-11(15-2)14-8-10/h4-5,8,13H,3,6-7,9H2,1-2H3. The van der Waals surface area contributed by atoms with Crippen molar-refractivity contribution in [2.45, 2.75) is 25.2 Å². The minimum atomic E-state index is 0.234. The molecule has 1 unspecified atom stereocenters. The zero-order valence-electron chi connectivity index (χ0n) is 9.42. The molecule has 3 nitrogen and oxygen atoms in total. The van der Waals surface area contributed by atoms with Crippen LogP contribution in [0.4, 0.5) is 0 Å². The second-order valence-electron chi connectivity index (χ2n) is 4.43. The molecule has 1 aromatic heterocycles. The normalized spacial score (nSPS) is 26.3. The van der Waals surface area contributed by atoms with Gasteiger partial charge in [0.05, 0.1) is 7.11 Å². The molecule has 0 bridgehead atoms. The fraction of sp³-hybridized carbons (Fsp3) is 0.583. The molecule has 1 fully saturated rings. The zero-order chi connectivity index (χ0) is 10.7. The van der Waals surface area contributed by atoms with Crippen molar-refractivity contribution in [3.8, 4) is 5.88 Å². The minimum absolute atomic E-state index is 0.234. The number of pyridine rings is 1. The third kappa shape index (κ3) is 2.12. The van der Waals surface area contributed by atoms with Crippen LogP contribution < -0.4 is 10.1 Å². The van der Waals surface area contributed by atoms with Gasteiger partial charge in [0.15, 0.2) is 0 Å². The number of hydrogen-bond acceptors (Lipinski definition) is 3. The number of nitrogens with one attached hydrogen (secondary N) is 1. The number of aromatic nitrogens is 1. The van der Waals surface area contributed by atoms with Crippen LogP contribution in [-0.4, -0.2) is 25.2 Å². The van der Waals surface area contributed by atoms with Gasteiger partial charge in [-0.25, -0.2) is 4.98 Å². The van der Waals surface area contributed by atoms with Gasteiger partial charge in [-0.3, -0.25) is 0 Å². The second-order valence-corrected chi connectivity index (χ2v) is 4.43. The van der Waals surface area contributed by atoms with E-state index in [1.807, 2.05) is 12.3 Å².